The van der Waals surface area contributed by atoms with Gasteiger partial charge in [0.1, 0.15) is 17.2 Å². The number of ether oxygens (including phenoxy) is 1. The van der Waals surface area contributed by atoms with E-state index in [0.29, 0.717) is 17.4 Å². The van der Waals surface area contributed by atoms with Crippen LogP contribution in [0.2, 0.25) is 0 Å². The molecule has 0 aliphatic heterocycles. The number of nitrogens with zero attached hydrogens (tertiary/aromatic N) is 3. The number of nitrogens with one attached hydrogen (secondary N) is 2. The normalized spacial score (nSPS) is 10.2. The third kappa shape index (κ3) is 4.92. The minimum Gasteiger partial charge on any atom is -0.457 e. The first-order valence-corrected chi connectivity index (χ1v) is 8.91. The van der Waals surface area contributed by atoms with Crippen molar-refractivity contribution in [3.8, 4) is 11.5 Å². The van der Waals surface area contributed by atoms with Crippen molar-refractivity contribution in [1.29, 1.82) is 0 Å². The summed E-state index contributed by atoms with van der Waals surface area (Å²) in [5.74, 6) is 1.32. The number of para-hydroxylation sites is 1. The van der Waals surface area contributed by atoms with Gasteiger partial charge >= 0.3 is 0 Å². The SMILES string of the molecule is O=C(Nc1cccc(Oc2ccccc2)c1)c1ccnc(Nc2ccncc2)n1. The Morgan fingerprint density at radius 2 is 1.59 bits per heavy atom. The summed E-state index contributed by atoms with van der Waals surface area (Å²) in [5.41, 5.74) is 1.62. The highest BCUT2D eigenvalue weighted by atomic mass is 16.5. The number of carbonyl (C=O) groups excluding carboxylic acids is 1. The molecule has 4 aromatic rings. The number of amides is 1. The largest absolute Gasteiger partial charge is 0.457 e. The van der Waals surface area contributed by atoms with E-state index in [1.54, 1.807) is 42.7 Å². The second-order valence-electron chi connectivity index (χ2n) is 6.02. The highest BCUT2D eigenvalue weighted by Crippen LogP contribution is 2.24. The summed E-state index contributed by atoms with van der Waals surface area (Å²) in [5, 5.41) is 5.87. The Hall–Kier alpha value is -4.26. The molecule has 0 bridgehead atoms. The summed E-state index contributed by atoms with van der Waals surface area (Å²) in [4.78, 5) is 25.0. The van der Waals surface area contributed by atoms with E-state index >= 15 is 0 Å². The van der Waals surface area contributed by atoms with Crippen molar-refractivity contribution in [2.24, 2.45) is 0 Å². The van der Waals surface area contributed by atoms with Crippen molar-refractivity contribution in [2.45, 2.75) is 0 Å². The van der Waals surface area contributed by atoms with E-state index in [0.717, 1.165) is 11.4 Å². The molecule has 0 radical (unpaired) electrons. The molecule has 29 heavy (non-hydrogen) atoms. The smallest absolute Gasteiger partial charge is 0.274 e. The van der Waals surface area contributed by atoms with Gasteiger partial charge in [-0.3, -0.25) is 9.78 Å². The van der Waals surface area contributed by atoms with Crippen LogP contribution >= 0.6 is 0 Å². The number of hydrogen-bond acceptors (Lipinski definition) is 6. The Bertz CT molecular complexity index is 1100. The average Bonchev–Trinajstić information content (AvgIpc) is 2.76. The van der Waals surface area contributed by atoms with Gasteiger partial charge in [-0.05, 0) is 42.5 Å². The van der Waals surface area contributed by atoms with Crippen LogP contribution in [-0.2, 0) is 0 Å². The Morgan fingerprint density at radius 3 is 2.41 bits per heavy atom. The molecule has 2 aromatic heterocycles. The predicted molar refractivity (Wildman–Crippen MR) is 110 cm³/mol. The van der Waals surface area contributed by atoms with E-state index in [4.69, 9.17) is 4.74 Å². The molecule has 142 valence electrons. The van der Waals surface area contributed by atoms with Gasteiger partial charge < -0.3 is 15.4 Å². The van der Waals surface area contributed by atoms with Gasteiger partial charge in [0, 0.05) is 36.0 Å². The van der Waals surface area contributed by atoms with Crippen LogP contribution in [0.25, 0.3) is 0 Å². The zero-order chi connectivity index (χ0) is 19.9. The number of aromatic nitrogens is 3. The van der Waals surface area contributed by atoms with E-state index in [1.165, 1.54) is 6.20 Å². The molecular formula is C22H17N5O2. The average molecular weight is 383 g/mol. The molecule has 2 heterocycles. The maximum atomic E-state index is 12.6. The van der Waals surface area contributed by atoms with E-state index in [-0.39, 0.29) is 11.6 Å². The fraction of sp³-hybridized carbons (Fsp3) is 0. The molecule has 4 rings (SSSR count). The molecule has 0 spiro atoms. The second-order valence-corrected chi connectivity index (χ2v) is 6.02. The summed E-state index contributed by atoms with van der Waals surface area (Å²) >= 11 is 0. The van der Waals surface area contributed by atoms with Crippen LogP contribution < -0.4 is 15.4 Å². The summed E-state index contributed by atoms with van der Waals surface area (Å²) in [6, 6.07) is 21.7. The van der Waals surface area contributed by atoms with Crippen molar-refractivity contribution in [3.05, 3.63) is 97.1 Å². The van der Waals surface area contributed by atoms with Gasteiger partial charge in [-0.2, -0.15) is 0 Å². The van der Waals surface area contributed by atoms with Gasteiger partial charge in [-0.15, -0.1) is 0 Å². The minimum absolute atomic E-state index is 0.242. The molecule has 0 aliphatic carbocycles. The molecule has 0 fully saturated rings. The van der Waals surface area contributed by atoms with Crippen LogP contribution in [-0.4, -0.2) is 20.9 Å². The molecule has 0 saturated carbocycles. The minimum atomic E-state index is -0.345. The summed E-state index contributed by atoms with van der Waals surface area (Å²) in [6.07, 6.45) is 4.84. The van der Waals surface area contributed by atoms with Crippen molar-refractivity contribution in [2.75, 3.05) is 10.6 Å². The molecule has 2 N–H and O–H groups in total. The van der Waals surface area contributed by atoms with Crippen molar-refractivity contribution in [1.82, 2.24) is 15.0 Å². The fourth-order valence-corrected chi connectivity index (χ4v) is 2.57. The highest BCUT2D eigenvalue weighted by Gasteiger charge is 2.10. The van der Waals surface area contributed by atoms with Gasteiger partial charge in [-0.1, -0.05) is 24.3 Å². The van der Waals surface area contributed by atoms with Gasteiger partial charge in [0.25, 0.3) is 5.91 Å². The summed E-state index contributed by atoms with van der Waals surface area (Å²) < 4.78 is 5.80. The monoisotopic (exact) mass is 383 g/mol. The Labute approximate surface area is 167 Å². The van der Waals surface area contributed by atoms with Crippen molar-refractivity contribution in [3.63, 3.8) is 0 Å². The summed E-state index contributed by atoms with van der Waals surface area (Å²) in [7, 11) is 0. The third-order valence-corrected chi connectivity index (χ3v) is 3.90. The molecule has 0 atom stereocenters. The lowest BCUT2D eigenvalue weighted by atomic mass is 10.2. The zero-order valence-corrected chi connectivity index (χ0v) is 15.3. The number of benzene rings is 2. The number of rotatable bonds is 6. The Balaban J connectivity index is 1.45. The van der Waals surface area contributed by atoms with Gasteiger partial charge in [0.05, 0.1) is 0 Å². The lowest BCUT2D eigenvalue weighted by molar-refractivity contribution is 0.102. The molecule has 0 saturated heterocycles. The molecule has 7 heteroatoms. The second kappa shape index (κ2) is 8.62. The predicted octanol–water partition coefficient (Wildman–Crippen LogP) is 4.66. The highest BCUT2D eigenvalue weighted by molar-refractivity contribution is 6.03. The fourth-order valence-electron chi connectivity index (χ4n) is 2.57. The first-order valence-electron chi connectivity index (χ1n) is 8.91. The van der Waals surface area contributed by atoms with E-state index in [2.05, 4.69) is 25.6 Å². The van der Waals surface area contributed by atoms with Crippen LogP contribution in [0.4, 0.5) is 17.3 Å². The first kappa shape index (κ1) is 18.1. The van der Waals surface area contributed by atoms with Crippen LogP contribution in [0.1, 0.15) is 10.5 Å². The van der Waals surface area contributed by atoms with Gasteiger partial charge in [0.2, 0.25) is 5.95 Å². The third-order valence-electron chi connectivity index (χ3n) is 3.90. The Morgan fingerprint density at radius 1 is 0.793 bits per heavy atom. The molecule has 0 unspecified atom stereocenters. The molecular weight excluding hydrogens is 366 g/mol. The van der Waals surface area contributed by atoms with Crippen LogP contribution in [0, 0.1) is 0 Å². The number of anilines is 3. The molecule has 2 aromatic carbocycles. The Kier molecular flexibility index (Phi) is 5.39. The standard InChI is InChI=1S/C22H17N5O2/c28-21(20-11-14-24-22(27-20)26-16-9-12-23-13-10-16)25-17-5-4-8-19(15-17)29-18-6-2-1-3-7-18/h1-15H,(H,25,28)(H,23,24,26,27). The maximum Gasteiger partial charge on any atom is 0.274 e. The van der Waals surface area contributed by atoms with E-state index in [9.17, 15) is 4.79 Å². The first-order chi connectivity index (χ1) is 14.3. The molecule has 0 aliphatic rings. The van der Waals surface area contributed by atoms with E-state index in [1.807, 2.05) is 42.5 Å². The maximum absolute atomic E-state index is 12.6. The lowest BCUT2D eigenvalue weighted by Crippen LogP contribution is -2.14. The lowest BCUT2D eigenvalue weighted by Gasteiger charge is -2.09. The molecule has 1 amide bonds. The van der Waals surface area contributed by atoms with E-state index < -0.39 is 0 Å². The molecule has 7 nitrogen and oxygen atoms in total. The van der Waals surface area contributed by atoms with Crippen molar-refractivity contribution < 1.29 is 9.53 Å². The zero-order valence-electron chi connectivity index (χ0n) is 15.3. The topological polar surface area (TPSA) is 89.0 Å². The van der Waals surface area contributed by atoms with Crippen LogP contribution in [0.3, 0.4) is 0 Å². The van der Waals surface area contributed by atoms with Crippen molar-refractivity contribution >= 4 is 23.2 Å². The van der Waals surface area contributed by atoms with Gasteiger partial charge in [0.15, 0.2) is 0 Å². The summed E-state index contributed by atoms with van der Waals surface area (Å²) in [6.45, 7) is 0. The van der Waals surface area contributed by atoms with Crippen LogP contribution in [0.5, 0.6) is 11.5 Å². The number of hydrogen-bond donors (Lipinski definition) is 2. The number of carbonyl (C=O) groups is 1. The van der Waals surface area contributed by atoms with Gasteiger partial charge in [-0.25, -0.2) is 9.97 Å². The quantitative estimate of drug-likeness (QED) is 0.503. The number of pyridine rings is 1. The van der Waals surface area contributed by atoms with Crippen LogP contribution in [0.15, 0.2) is 91.4 Å².